The molecule has 2 fully saturated rings. The summed E-state index contributed by atoms with van der Waals surface area (Å²) in [5.41, 5.74) is 0. The van der Waals surface area contributed by atoms with E-state index in [9.17, 15) is 0 Å². The Kier molecular flexibility index (Phi) is 10.6. The van der Waals surface area contributed by atoms with Crippen LogP contribution in [-0.4, -0.2) is 101 Å². The quantitative estimate of drug-likeness (QED) is 0.309. The lowest BCUT2D eigenvalue weighted by Gasteiger charge is -2.36. The van der Waals surface area contributed by atoms with Crippen molar-refractivity contribution in [1.29, 1.82) is 0 Å². The molecular formula is C23H41N5O3. The minimum absolute atomic E-state index is 0.431. The molecule has 0 spiro atoms. The van der Waals surface area contributed by atoms with Gasteiger partial charge >= 0.3 is 0 Å². The van der Waals surface area contributed by atoms with Gasteiger partial charge in [-0.2, -0.15) is 0 Å². The third kappa shape index (κ3) is 8.80. The van der Waals surface area contributed by atoms with Crippen molar-refractivity contribution in [3.63, 3.8) is 0 Å². The summed E-state index contributed by atoms with van der Waals surface area (Å²) in [6.45, 7) is 15.6. The molecule has 8 heteroatoms. The van der Waals surface area contributed by atoms with Gasteiger partial charge in [0.25, 0.3) is 0 Å². The lowest BCUT2D eigenvalue weighted by atomic mass is 10.0. The van der Waals surface area contributed by atoms with Crippen molar-refractivity contribution < 1.29 is 13.9 Å². The summed E-state index contributed by atoms with van der Waals surface area (Å²) in [4.78, 5) is 9.97. The van der Waals surface area contributed by atoms with Crippen LogP contribution in [0.15, 0.2) is 27.8 Å². The summed E-state index contributed by atoms with van der Waals surface area (Å²) in [7, 11) is 0. The van der Waals surface area contributed by atoms with Crippen molar-refractivity contribution in [2.45, 2.75) is 32.7 Å². The zero-order chi connectivity index (χ0) is 21.7. The van der Waals surface area contributed by atoms with Gasteiger partial charge in [0.15, 0.2) is 5.96 Å². The molecule has 2 aliphatic rings. The number of aliphatic imine (C=N–C) groups is 1. The third-order valence-electron chi connectivity index (χ3n) is 6.01. The predicted octanol–water partition coefficient (Wildman–Crippen LogP) is 1.44. The fraction of sp³-hybridized carbons (Fsp3) is 0.783. The summed E-state index contributed by atoms with van der Waals surface area (Å²) in [5.74, 6) is 2.44. The Morgan fingerprint density at radius 2 is 1.74 bits per heavy atom. The maximum Gasteiger partial charge on any atom is 0.191 e. The monoisotopic (exact) mass is 435 g/mol. The Morgan fingerprint density at radius 3 is 2.42 bits per heavy atom. The second kappa shape index (κ2) is 13.7. The van der Waals surface area contributed by atoms with Gasteiger partial charge in [0.1, 0.15) is 5.76 Å². The van der Waals surface area contributed by atoms with Gasteiger partial charge in [0.2, 0.25) is 0 Å². The first kappa shape index (κ1) is 24.0. The largest absolute Gasteiger partial charge is 0.469 e. The number of guanidine groups is 1. The van der Waals surface area contributed by atoms with E-state index < -0.39 is 0 Å². The average molecular weight is 436 g/mol. The first-order chi connectivity index (χ1) is 15.2. The van der Waals surface area contributed by atoms with Crippen molar-refractivity contribution in [3.05, 3.63) is 24.2 Å². The lowest BCUT2D eigenvalue weighted by molar-refractivity contribution is 0.00867. The van der Waals surface area contributed by atoms with E-state index in [0.717, 1.165) is 103 Å². The van der Waals surface area contributed by atoms with Crippen LogP contribution in [0.5, 0.6) is 0 Å². The molecule has 2 N–H and O–H groups in total. The molecule has 8 nitrogen and oxygen atoms in total. The lowest BCUT2D eigenvalue weighted by Crippen LogP contribution is -2.48. The van der Waals surface area contributed by atoms with Gasteiger partial charge in [-0.15, -0.1) is 0 Å². The van der Waals surface area contributed by atoms with Gasteiger partial charge in [-0.05, 0) is 31.0 Å². The van der Waals surface area contributed by atoms with Gasteiger partial charge in [-0.3, -0.25) is 14.8 Å². The van der Waals surface area contributed by atoms with Crippen molar-refractivity contribution >= 4 is 5.96 Å². The molecule has 31 heavy (non-hydrogen) atoms. The maximum atomic E-state index is 5.54. The minimum Gasteiger partial charge on any atom is -0.469 e. The molecular weight excluding hydrogens is 394 g/mol. The Hall–Kier alpha value is -1.61. The molecule has 0 aliphatic carbocycles. The molecule has 0 amide bonds. The number of hydrogen-bond donors (Lipinski definition) is 2. The number of hydrogen-bond acceptors (Lipinski definition) is 6. The van der Waals surface area contributed by atoms with Gasteiger partial charge < -0.3 is 24.5 Å². The fourth-order valence-electron chi connectivity index (χ4n) is 4.11. The SMILES string of the molecule is CC(C)C(CN=C(NCCCN1CCOCC1)NCCc1ccco1)N1CCOCC1. The van der Waals surface area contributed by atoms with Crippen LogP contribution in [0.3, 0.4) is 0 Å². The van der Waals surface area contributed by atoms with Crippen LogP contribution >= 0.6 is 0 Å². The predicted molar refractivity (Wildman–Crippen MR) is 124 cm³/mol. The summed E-state index contributed by atoms with van der Waals surface area (Å²) in [6.07, 6.45) is 3.66. The summed E-state index contributed by atoms with van der Waals surface area (Å²) in [6, 6.07) is 4.38. The van der Waals surface area contributed by atoms with E-state index in [1.807, 2.05) is 12.1 Å². The van der Waals surface area contributed by atoms with Crippen molar-refractivity contribution in [2.24, 2.45) is 10.9 Å². The first-order valence-corrected chi connectivity index (χ1v) is 11.9. The number of ether oxygens (including phenoxy) is 2. The molecule has 3 heterocycles. The van der Waals surface area contributed by atoms with E-state index in [0.29, 0.717) is 12.0 Å². The molecule has 1 aromatic heterocycles. The summed E-state index contributed by atoms with van der Waals surface area (Å²) < 4.78 is 16.4. The third-order valence-corrected chi connectivity index (χ3v) is 6.01. The zero-order valence-corrected chi connectivity index (χ0v) is 19.4. The normalized spacial score (nSPS) is 20.2. The van der Waals surface area contributed by atoms with E-state index in [1.165, 1.54) is 0 Å². The molecule has 2 saturated heterocycles. The smallest absolute Gasteiger partial charge is 0.191 e. The second-order valence-corrected chi connectivity index (χ2v) is 8.64. The Balaban J connectivity index is 1.49. The Labute approximate surface area is 187 Å². The van der Waals surface area contributed by atoms with Crippen LogP contribution in [0.2, 0.25) is 0 Å². The van der Waals surface area contributed by atoms with Crippen LogP contribution in [0.4, 0.5) is 0 Å². The highest BCUT2D eigenvalue weighted by Gasteiger charge is 2.23. The summed E-state index contributed by atoms with van der Waals surface area (Å²) >= 11 is 0. The highest BCUT2D eigenvalue weighted by Crippen LogP contribution is 2.13. The average Bonchev–Trinajstić information content (AvgIpc) is 3.31. The maximum absolute atomic E-state index is 5.54. The zero-order valence-electron chi connectivity index (χ0n) is 19.4. The second-order valence-electron chi connectivity index (χ2n) is 8.64. The highest BCUT2D eigenvalue weighted by molar-refractivity contribution is 5.79. The van der Waals surface area contributed by atoms with E-state index in [-0.39, 0.29) is 0 Å². The Morgan fingerprint density at radius 1 is 1.03 bits per heavy atom. The molecule has 2 aliphatic heterocycles. The molecule has 0 radical (unpaired) electrons. The fourth-order valence-corrected chi connectivity index (χ4v) is 4.11. The summed E-state index contributed by atoms with van der Waals surface area (Å²) in [5, 5.41) is 7.04. The van der Waals surface area contributed by atoms with Crippen LogP contribution in [0.25, 0.3) is 0 Å². The van der Waals surface area contributed by atoms with E-state index in [1.54, 1.807) is 6.26 Å². The van der Waals surface area contributed by atoms with Crippen molar-refractivity contribution in [1.82, 2.24) is 20.4 Å². The van der Waals surface area contributed by atoms with Crippen molar-refractivity contribution in [2.75, 3.05) is 78.8 Å². The van der Waals surface area contributed by atoms with Crippen molar-refractivity contribution in [3.8, 4) is 0 Å². The number of furan rings is 1. The number of nitrogens with zero attached hydrogens (tertiary/aromatic N) is 3. The molecule has 0 saturated carbocycles. The first-order valence-electron chi connectivity index (χ1n) is 11.9. The molecule has 1 unspecified atom stereocenters. The molecule has 3 rings (SSSR count). The van der Waals surface area contributed by atoms with Crippen LogP contribution < -0.4 is 10.6 Å². The molecule has 0 aromatic carbocycles. The van der Waals surface area contributed by atoms with Crippen LogP contribution in [0, 0.1) is 5.92 Å². The van der Waals surface area contributed by atoms with E-state index in [4.69, 9.17) is 18.9 Å². The Bertz CT molecular complexity index is 611. The molecule has 176 valence electrons. The molecule has 0 bridgehead atoms. The minimum atomic E-state index is 0.431. The van der Waals surface area contributed by atoms with Crippen LogP contribution in [-0.2, 0) is 15.9 Å². The van der Waals surface area contributed by atoms with Gasteiger partial charge in [-0.25, -0.2) is 0 Å². The van der Waals surface area contributed by atoms with E-state index >= 15 is 0 Å². The van der Waals surface area contributed by atoms with Crippen LogP contribution in [0.1, 0.15) is 26.0 Å². The van der Waals surface area contributed by atoms with E-state index in [2.05, 4.69) is 34.3 Å². The standard InChI is InChI=1S/C23H41N5O3/c1-20(2)22(28-12-17-30-18-13-28)19-26-23(25-8-6-21-5-3-14-31-21)24-7-4-9-27-10-15-29-16-11-27/h3,5,14,20,22H,4,6-13,15-19H2,1-2H3,(H2,24,25,26). The topological polar surface area (TPSA) is 74.5 Å². The number of rotatable bonds is 11. The number of morpholine rings is 2. The van der Waals surface area contributed by atoms with Gasteiger partial charge in [0, 0.05) is 51.7 Å². The highest BCUT2D eigenvalue weighted by atomic mass is 16.5. The van der Waals surface area contributed by atoms with Gasteiger partial charge in [0.05, 0.1) is 39.2 Å². The van der Waals surface area contributed by atoms with Gasteiger partial charge in [-0.1, -0.05) is 13.8 Å². The molecule has 1 aromatic rings. The number of nitrogens with one attached hydrogen (secondary N) is 2. The molecule has 1 atom stereocenters.